The second-order valence-electron chi connectivity index (χ2n) is 5.89. The molecule has 9 heteroatoms. The number of hydrogen-bond acceptors (Lipinski definition) is 5. The fourth-order valence-corrected chi connectivity index (χ4v) is 4.02. The molecule has 3 aromatic rings. The number of ether oxygens (including phenoxy) is 1. The highest BCUT2D eigenvalue weighted by atomic mass is 79.9. The van der Waals surface area contributed by atoms with E-state index in [0.29, 0.717) is 28.2 Å². The summed E-state index contributed by atoms with van der Waals surface area (Å²) in [7, 11) is 1.62. The van der Waals surface area contributed by atoms with Crippen LogP contribution in [0.15, 0.2) is 64.7 Å². The number of rotatable bonds is 8. The van der Waals surface area contributed by atoms with Crippen LogP contribution in [0.1, 0.15) is 0 Å². The van der Waals surface area contributed by atoms with Gasteiger partial charge in [0.05, 0.1) is 23.6 Å². The predicted octanol–water partition coefficient (Wildman–Crippen LogP) is 5.29. The molecule has 0 fully saturated rings. The molecular weight excluding hydrogens is 476 g/mol. The van der Waals surface area contributed by atoms with E-state index >= 15 is 0 Å². The van der Waals surface area contributed by atoms with Crippen molar-refractivity contribution in [3.63, 3.8) is 0 Å². The summed E-state index contributed by atoms with van der Waals surface area (Å²) >= 11 is 10.8. The fourth-order valence-electron chi connectivity index (χ4n) is 2.55. The third kappa shape index (κ3) is 5.41. The molecule has 0 bridgehead atoms. The van der Waals surface area contributed by atoms with E-state index in [1.54, 1.807) is 25.3 Å². The second kappa shape index (κ2) is 9.96. The maximum atomic E-state index is 12.3. The number of anilines is 1. The van der Waals surface area contributed by atoms with Crippen LogP contribution in [-0.4, -0.2) is 33.5 Å². The van der Waals surface area contributed by atoms with Gasteiger partial charge in [-0.3, -0.25) is 9.36 Å². The van der Waals surface area contributed by atoms with Crippen LogP contribution >= 0.6 is 39.3 Å². The lowest BCUT2D eigenvalue weighted by molar-refractivity contribution is -0.113. The Labute approximate surface area is 186 Å². The lowest BCUT2D eigenvalue weighted by Gasteiger charge is -2.09. The topological polar surface area (TPSA) is 69.0 Å². The summed E-state index contributed by atoms with van der Waals surface area (Å²) in [6.45, 7) is 4.33. The average molecular weight is 494 g/mol. The molecule has 150 valence electrons. The number of benzene rings is 2. The number of aromatic nitrogens is 3. The molecule has 6 nitrogen and oxygen atoms in total. The number of carbonyl (C=O) groups is 1. The van der Waals surface area contributed by atoms with Crippen molar-refractivity contribution in [1.29, 1.82) is 0 Å². The van der Waals surface area contributed by atoms with Gasteiger partial charge in [0, 0.05) is 16.6 Å². The van der Waals surface area contributed by atoms with E-state index in [2.05, 4.69) is 38.0 Å². The van der Waals surface area contributed by atoms with Gasteiger partial charge in [0.25, 0.3) is 0 Å². The summed E-state index contributed by atoms with van der Waals surface area (Å²) < 4.78 is 7.96. The third-order valence-electron chi connectivity index (χ3n) is 3.91. The van der Waals surface area contributed by atoms with Crippen molar-refractivity contribution in [1.82, 2.24) is 14.8 Å². The lowest BCUT2D eigenvalue weighted by atomic mass is 10.2. The summed E-state index contributed by atoms with van der Waals surface area (Å²) in [6, 6.07) is 12.9. The van der Waals surface area contributed by atoms with E-state index in [4.69, 9.17) is 16.3 Å². The van der Waals surface area contributed by atoms with Crippen molar-refractivity contribution in [3.05, 3.63) is 64.6 Å². The maximum Gasteiger partial charge on any atom is 0.234 e. The van der Waals surface area contributed by atoms with Crippen molar-refractivity contribution in [2.24, 2.45) is 0 Å². The van der Waals surface area contributed by atoms with Gasteiger partial charge >= 0.3 is 0 Å². The monoisotopic (exact) mass is 492 g/mol. The van der Waals surface area contributed by atoms with Gasteiger partial charge in [0.1, 0.15) is 5.75 Å². The van der Waals surface area contributed by atoms with Crippen molar-refractivity contribution in [2.75, 3.05) is 18.2 Å². The van der Waals surface area contributed by atoms with E-state index < -0.39 is 0 Å². The smallest absolute Gasteiger partial charge is 0.234 e. The Morgan fingerprint density at radius 1 is 1.31 bits per heavy atom. The standard InChI is InChI=1S/C20H18BrClN4O2S/c1-3-10-26-19(13-4-7-15(28-2)8-5-13)24-25-20(26)29-12-18(27)23-17-9-6-14(21)11-16(17)22/h3-9,11H,1,10,12H2,2H3,(H,23,27). The summed E-state index contributed by atoms with van der Waals surface area (Å²) in [5.41, 5.74) is 1.46. The first-order chi connectivity index (χ1) is 14.0. The van der Waals surface area contributed by atoms with Crippen LogP contribution in [0.5, 0.6) is 5.75 Å². The molecular formula is C20H18BrClN4O2S. The van der Waals surface area contributed by atoms with Gasteiger partial charge in [-0.1, -0.05) is 45.4 Å². The van der Waals surface area contributed by atoms with Crippen LogP contribution in [0.2, 0.25) is 5.02 Å². The predicted molar refractivity (Wildman–Crippen MR) is 121 cm³/mol. The highest BCUT2D eigenvalue weighted by Crippen LogP contribution is 2.28. The van der Waals surface area contributed by atoms with Crippen LogP contribution in [0.25, 0.3) is 11.4 Å². The van der Waals surface area contributed by atoms with Crippen LogP contribution < -0.4 is 10.1 Å². The minimum atomic E-state index is -0.182. The van der Waals surface area contributed by atoms with Crippen molar-refractivity contribution in [2.45, 2.75) is 11.7 Å². The van der Waals surface area contributed by atoms with Crippen LogP contribution in [-0.2, 0) is 11.3 Å². The quantitative estimate of drug-likeness (QED) is 0.341. The van der Waals surface area contributed by atoms with E-state index in [0.717, 1.165) is 15.8 Å². The van der Waals surface area contributed by atoms with E-state index in [9.17, 15) is 4.79 Å². The number of allylic oxidation sites excluding steroid dienone is 1. The van der Waals surface area contributed by atoms with Gasteiger partial charge in [-0.05, 0) is 42.5 Å². The number of methoxy groups -OCH3 is 1. The molecule has 0 aliphatic carbocycles. The average Bonchev–Trinajstić information content (AvgIpc) is 3.11. The first-order valence-electron chi connectivity index (χ1n) is 8.58. The SMILES string of the molecule is C=CCn1c(SCC(=O)Nc2ccc(Br)cc2Cl)nnc1-c1ccc(OC)cc1. The normalized spacial score (nSPS) is 10.6. The first-order valence-corrected chi connectivity index (χ1v) is 10.7. The van der Waals surface area contributed by atoms with Crippen molar-refractivity contribution in [3.8, 4) is 17.1 Å². The van der Waals surface area contributed by atoms with Crippen LogP contribution in [0.3, 0.4) is 0 Å². The lowest BCUT2D eigenvalue weighted by Crippen LogP contribution is -2.15. The van der Waals surface area contributed by atoms with Gasteiger partial charge in [0.15, 0.2) is 11.0 Å². The molecule has 0 spiro atoms. The number of nitrogens with zero attached hydrogens (tertiary/aromatic N) is 3. The molecule has 3 rings (SSSR count). The largest absolute Gasteiger partial charge is 0.497 e. The zero-order valence-electron chi connectivity index (χ0n) is 15.6. The summed E-state index contributed by atoms with van der Waals surface area (Å²) in [5, 5.41) is 12.4. The Morgan fingerprint density at radius 3 is 2.72 bits per heavy atom. The number of thioether (sulfide) groups is 1. The number of carbonyl (C=O) groups excluding carboxylic acids is 1. The van der Waals surface area contributed by atoms with Gasteiger partial charge in [-0.2, -0.15) is 0 Å². The Morgan fingerprint density at radius 2 is 2.07 bits per heavy atom. The van der Waals surface area contributed by atoms with Crippen LogP contribution in [0.4, 0.5) is 5.69 Å². The van der Waals surface area contributed by atoms with E-state index in [-0.39, 0.29) is 11.7 Å². The zero-order chi connectivity index (χ0) is 20.8. The molecule has 0 unspecified atom stereocenters. The molecule has 0 aliphatic rings. The molecule has 2 aromatic carbocycles. The number of nitrogens with one attached hydrogen (secondary N) is 1. The molecule has 0 radical (unpaired) electrons. The minimum absolute atomic E-state index is 0.171. The highest BCUT2D eigenvalue weighted by molar-refractivity contribution is 9.10. The molecule has 29 heavy (non-hydrogen) atoms. The molecule has 0 saturated heterocycles. The number of halogens is 2. The maximum absolute atomic E-state index is 12.3. The molecule has 1 aromatic heterocycles. The summed E-state index contributed by atoms with van der Waals surface area (Å²) in [4.78, 5) is 12.3. The Kier molecular flexibility index (Phi) is 7.35. The van der Waals surface area contributed by atoms with Crippen molar-refractivity contribution >= 4 is 50.9 Å². The molecule has 0 aliphatic heterocycles. The number of amides is 1. The van der Waals surface area contributed by atoms with Gasteiger partial charge in [0.2, 0.25) is 5.91 Å². The minimum Gasteiger partial charge on any atom is -0.497 e. The van der Waals surface area contributed by atoms with Crippen LogP contribution in [0, 0.1) is 0 Å². The Hall–Kier alpha value is -2.29. The molecule has 1 amide bonds. The van der Waals surface area contributed by atoms with Gasteiger partial charge < -0.3 is 10.1 Å². The molecule has 1 heterocycles. The summed E-state index contributed by atoms with van der Waals surface area (Å²) in [6.07, 6.45) is 1.77. The molecule has 0 atom stereocenters. The third-order valence-corrected chi connectivity index (χ3v) is 5.69. The summed E-state index contributed by atoms with van der Waals surface area (Å²) in [5.74, 6) is 1.45. The Balaban J connectivity index is 1.72. The van der Waals surface area contributed by atoms with E-state index in [1.165, 1.54) is 11.8 Å². The second-order valence-corrected chi connectivity index (χ2v) is 8.16. The van der Waals surface area contributed by atoms with Gasteiger partial charge in [-0.25, -0.2) is 0 Å². The molecule has 0 saturated carbocycles. The first kappa shape index (κ1) is 21.4. The molecule has 1 N–H and O–H groups in total. The van der Waals surface area contributed by atoms with Crippen molar-refractivity contribution < 1.29 is 9.53 Å². The Bertz CT molecular complexity index is 1020. The number of hydrogen-bond donors (Lipinski definition) is 1. The fraction of sp³-hybridized carbons (Fsp3) is 0.150. The highest BCUT2D eigenvalue weighted by Gasteiger charge is 2.15. The van der Waals surface area contributed by atoms with E-state index in [1.807, 2.05) is 34.9 Å². The zero-order valence-corrected chi connectivity index (χ0v) is 18.7. The van der Waals surface area contributed by atoms with Gasteiger partial charge in [-0.15, -0.1) is 16.8 Å².